The van der Waals surface area contributed by atoms with Crippen LogP contribution in [0.2, 0.25) is 0 Å². The lowest BCUT2D eigenvalue weighted by molar-refractivity contribution is -0.126. The highest BCUT2D eigenvalue weighted by Crippen LogP contribution is 2.31. The van der Waals surface area contributed by atoms with Gasteiger partial charge in [0, 0.05) is 75.4 Å². The molecule has 2 atom stereocenters. The van der Waals surface area contributed by atoms with Crippen molar-refractivity contribution in [2.45, 2.75) is 57.2 Å². The molecule has 62 heavy (non-hydrogen) atoms. The Morgan fingerprint density at radius 3 is 2.42 bits per heavy atom. The van der Waals surface area contributed by atoms with Crippen LogP contribution in [0.4, 0.5) is 22.1 Å². The second kappa shape index (κ2) is 20.6. The van der Waals surface area contributed by atoms with Gasteiger partial charge in [0.1, 0.15) is 11.9 Å². The van der Waals surface area contributed by atoms with Crippen LogP contribution in [0.5, 0.6) is 0 Å². The number of rotatable bonds is 20. The lowest BCUT2D eigenvalue weighted by atomic mass is 10.00. The molecule has 0 saturated carbocycles. The number of nitrogens with zero attached hydrogens (tertiary/aromatic N) is 6. The van der Waals surface area contributed by atoms with E-state index in [0.29, 0.717) is 114 Å². The van der Waals surface area contributed by atoms with E-state index in [2.05, 4.69) is 32.4 Å². The molecule has 3 aromatic rings. The smallest absolute Gasteiger partial charge is 0.320 e. The summed E-state index contributed by atoms with van der Waals surface area (Å²) in [5.41, 5.74) is 10.1. The number of aryl methyl sites for hydroxylation is 1. The molecule has 4 aliphatic rings. The number of anilines is 3. The highest BCUT2D eigenvalue weighted by atomic mass is 16.5. The minimum absolute atomic E-state index is 0.00725. The number of piperidine rings is 2. The number of allylic oxidation sites excluding steroid dienone is 1. The quantitative estimate of drug-likeness (QED) is 0.121. The number of primary amides is 1. The lowest BCUT2D eigenvalue weighted by Gasteiger charge is -2.37. The van der Waals surface area contributed by atoms with Crippen molar-refractivity contribution in [1.29, 1.82) is 0 Å². The van der Waals surface area contributed by atoms with Gasteiger partial charge in [0.05, 0.1) is 45.3 Å². The number of hydrogen-bond donors (Lipinski definition) is 4. The highest BCUT2D eigenvalue weighted by molar-refractivity contribution is 6.02. The van der Waals surface area contributed by atoms with Gasteiger partial charge in [-0.2, -0.15) is 0 Å². The van der Waals surface area contributed by atoms with E-state index in [1.807, 2.05) is 30.1 Å². The van der Waals surface area contributed by atoms with Crippen LogP contribution in [0.1, 0.15) is 74.4 Å². The molecular formula is C44H56N10O8. The number of hydrogen-bond acceptors (Lipinski definition) is 12. The zero-order chi connectivity index (χ0) is 43.6. The Morgan fingerprint density at radius 2 is 1.69 bits per heavy atom. The molecule has 18 heteroatoms. The minimum Gasteiger partial charge on any atom is -0.379 e. The molecule has 0 bridgehead atoms. The van der Waals surface area contributed by atoms with Crippen LogP contribution in [-0.4, -0.2) is 146 Å². The first kappa shape index (κ1) is 44.0. The van der Waals surface area contributed by atoms with Gasteiger partial charge < -0.3 is 55.5 Å². The standard InChI is InChI=1S/C44H56N10O8/c1-29-10-15-36(42(57)48-29)54-28-35-30(6-3-9-34(35)43(54)58)7-5-20-60-22-24-62-25-23-61-21-16-46-41(56)31-11-13-32(14-12-31)49-40-38(39(45)55)47-26-37(50-40)52-17-4-8-33(27-52)53-19-18-51(2)44(53)59/h3,6,9,11-14,26,33,36H,1,4-5,7-8,10,15-25,27-28H2,2H3,(H2,45,55)(H,46,56)(H,48,57)(H,49,50)/t33-,36?/m1/s1. The SMILES string of the molecule is C=C1CCC(N2Cc3c(CCCOCCOCCOCCNC(=O)c4ccc(Nc5nc(N6CCC[C@@H](N7CCN(C)C7=O)C6)cnc5C(N)=O)cc4)cccc3C2=O)C(=O)N1. The van der Waals surface area contributed by atoms with Crippen molar-refractivity contribution in [2.24, 2.45) is 5.73 Å². The number of aromatic nitrogens is 2. The third kappa shape index (κ3) is 10.7. The average molecular weight is 853 g/mol. The summed E-state index contributed by atoms with van der Waals surface area (Å²) in [6.45, 7) is 9.82. The molecule has 2 aromatic carbocycles. The Bertz CT molecular complexity index is 2130. The van der Waals surface area contributed by atoms with Gasteiger partial charge in [0.2, 0.25) is 5.91 Å². The average Bonchev–Trinajstić information content (AvgIpc) is 3.79. The molecule has 0 radical (unpaired) electrons. The predicted molar refractivity (Wildman–Crippen MR) is 230 cm³/mol. The van der Waals surface area contributed by atoms with E-state index < -0.39 is 11.9 Å². The molecule has 5 heterocycles. The summed E-state index contributed by atoms with van der Waals surface area (Å²) in [6, 6.07) is 12.1. The van der Waals surface area contributed by atoms with Gasteiger partial charge in [0.15, 0.2) is 11.5 Å². The first-order valence-electron chi connectivity index (χ1n) is 21.3. The molecule has 4 aliphatic heterocycles. The maximum absolute atomic E-state index is 13.1. The van der Waals surface area contributed by atoms with Gasteiger partial charge in [-0.05, 0) is 80.0 Å². The van der Waals surface area contributed by atoms with Crippen LogP contribution in [0, 0.1) is 0 Å². The van der Waals surface area contributed by atoms with Crippen molar-refractivity contribution in [2.75, 3.05) is 89.6 Å². The second-order valence-corrected chi connectivity index (χ2v) is 15.9. The third-order valence-electron chi connectivity index (χ3n) is 11.6. The largest absolute Gasteiger partial charge is 0.379 e. The number of nitrogens with one attached hydrogen (secondary N) is 3. The van der Waals surface area contributed by atoms with Crippen molar-refractivity contribution < 1.29 is 38.2 Å². The van der Waals surface area contributed by atoms with Gasteiger partial charge >= 0.3 is 6.03 Å². The maximum Gasteiger partial charge on any atom is 0.320 e. The normalized spacial score (nSPS) is 18.9. The van der Waals surface area contributed by atoms with E-state index >= 15 is 0 Å². The van der Waals surface area contributed by atoms with Gasteiger partial charge in [-0.15, -0.1) is 0 Å². The number of likely N-dealkylation sites (N-methyl/N-ethyl adjacent to an activating group) is 1. The Labute approximate surface area is 361 Å². The fraction of sp³-hybridized carbons (Fsp3) is 0.477. The first-order valence-corrected chi connectivity index (χ1v) is 21.3. The summed E-state index contributed by atoms with van der Waals surface area (Å²) in [5, 5.41) is 8.76. The van der Waals surface area contributed by atoms with E-state index in [4.69, 9.17) is 24.9 Å². The molecule has 1 aromatic heterocycles. The molecule has 0 aliphatic carbocycles. The Balaban J connectivity index is 0.751. The van der Waals surface area contributed by atoms with E-state index in [9.17, 15) is 24.0 Å². The summed E-state index contributed by atoms with van der Waals surface area (Å²) < 4.78 is 17.0. The number of fused-ring (bicyclic) bond motifs is 1. The van der Waals surface area contributed by atoms with Crippen LogP contribution in [0.3, 0.4) is 0 Å². The van der Waals surface area contributed by atoms with Crippen LogP contribution in [0.15, 0.2) is 60.9 Å². The molecular weight excluding hydrogens is 797 g/mol. The zero-order valence-corrected chi connectivity index (χ0v) is 35.2. The van der Waals surface area contributed by atoms with E-state index in [0.717, 1.165) is 43.4 Å². The van der Waals surface area contributed by atoms with Gasteiger partial charge in [-0.25, -0.2) is 14.8 Å². The molecule has 6 amide bonds. The highest BCUT2D eigenvalue weighted by Gasteiger charge is 2.39. The van der Waals surface area contributed by atoms with Gasteiger partial charge in [-0.1, -0.05) is 18.7 Å². The number of carbonyl (C=O) groups is 5. The molecule has 330 valence electrons. The molecule has 18 nitrogen and oxygen atoms in total. The summed E-state index contributed by atoms with van der Waals surface area (Å²) in [7, 11) is 1.81. The summed E-state index contributed by atoms with van der Waals surface area (Å²) in [4.78, 5) is 79.7. The Kier molecular flexibility index (Phi) is 14.6. The van der Waals surface area contributed by atoms with E-state index in [1.165, 1.54) is 6.20 Å². The Hall–Kier alpha value is -6.11. The van der Waals surface area contributed by atoms with Crippen LogP contribution >= 0.6 is 0 Å². The number of urea groups is 1. The van der Waals surface area contributed by atoms with Crippen LogP contribution in [-0.2, 0) is 32.0 Å². The van der Waals surface area contributed by atoms with E-state index in [-0.39, 0.29) is 41.3 Å². The monoisotopic (exact) mass is 852 g/mol. The fourth-order valence-corrected chi connectivity index (χ4v) is 8.27. The van der Waals surface area contributed by atoms with Gasteiger partial charge in [0.25, 0.3) is 17.7 Å². The van der Waals surface area contributed by atoms with Crippen molar-refractivity contribution in [3.05, 3.63) is 88.9 Å². The Morgan fingerprint density at radius 1 is 0.935 bits per heavy atom. The number of carbonyl (C=O) groups excluding carboxylic acids is 5. The molecule has 5 N–H and O–H groups in total. The minimum atomic E-state index is -0.725. The van der Waals surface area contributed by atoms with Crippen molar-refractivity contribution in [1.82, 2.24) is 35.3 Å². The number of nitrogens with two attached hydrogens (primary N) is 1. The molecule has 3 saturated heterocycles. The third-order valence-corrected chi connectivity index (χ3v) is 11.6. The summed E-state index contributed by atoms with van der Waals surface area (Å²) >= 11 is 0. The van der Waals surface area contributed by atoms with Crippen molar-refractivity contribution in [3.63, 3.8) is 0 Å². The van der Waals surface area contributed by atoms with Crippen molar-refractivity contribution >= 4 is 47.0 Å². The summed E-state index contributed by atoms with van der Waals surface area (Å²) in [6.07, 6.45) is 6.12. The molecule has 1 unspecified atom stereocenters. The van der Waals surface area contributed by atoms with E-state index in [1.54, 1.807) is 34.1 Å². The number of amides is 6. The van der Waals surface area contributed by atoms with Gasteiger partial charge in [-0.3, -0.25) is 19.2 Å². The van der Waals surface area contributed by atoms with Crippen molar-refractivity contribution in [3.8, 4) is 0 Å². The predicted octanol–water partition coefficient (Wildman–Crippen LogP) is 2.82. The number of benzene rings is 2. The molecule has 0 spiro atoms. The maximum atomic E-state index is 13.1. The number of ether oxygens (including phenoxy) is 3. The van der Waals surface area contributed by atoms with Crippen LogP contribution in [0.25, 0.3) is 0 Å². The first-order chi connectivity index (χ1) is 30.1. The lowest BCUT2D eigenvalue weighted by Crippen LogP contribution is -2.49. The van der Waals surface area contributed by atoms with Crippen LogP contribution < -0.4 is 26.6 Å². The second-order valence-electron chi connectivity index (χ2n) is 15.9. The topological polar surface area (TPSA) is 214 Å². The molecule has 7 rings (SSSR count). The molecule has 3 fully saturated rings. The fourth-order valence-electron chi connectivity index (χ4n) is 8.27. The zero-order valence-electron chi connectivity index (χ0n) is 35.2. The summed E-state index contributed by atoms with van der Waals surface area (Å²) in [5.74, 6) is -0.471.